The Hall–Kier alpha value is -5.26. The normalized spacial score (nSPS) is 16.2. The summed E-state index contributed by atoms with van der Waals surface area (Å²) >= 11 is 0. The molecule has 0 fully saturated rings. The maximum atomic E-state index is 2.41. The van der Waals surface area contributed by atoms with Gasteiger partial charge in [0.2, 0.25) is 5.69 Å². The average molecular weight is 815 g/mol. The van der Waals surface area contributed by atoms with E-state index in [-0.39, 0.29) is 34.8 Å². The molecule has 6 aromatic rings. The van der Waals surface area contributed by atoms with Gasteiger partial charge in [-0.1, -0.05) is 176 Å². The van der Waals surface area contributed by atoms with Crippen LogP contribution in [0.3, 0.4) is 0 Å². The molecule has 2 nitrogen and oxygen atoms in total. The number of rotatable bonds is 11. The van der Waals surface area contributed by atoms with E-state index in [1.165, 1.54) is 56.2 Å². The minimum absolute atomic E-state index is 0. The van der Waals surface area contributed by atoms with Crippen LogP contribution in [0.25, 0.3) is 0 Å². The van der Waals surface area contributed by atoms with E-state index in [1.807, 2.05) is 0 Å². The number of fused-ring (bicyclic) bond motifs is 2. The number of hydrogen-bond donors (Lipinski definition) is 0. The second-order valence-corrected chi connectivity index (χ2v) is 14.6. The molecule has 0 unspecified atom stereocenters. The number of nitrogens with zero attached hydrogens (tertiary/aromatic N) is 2. The maximum absolute atomic E-state index is 2.41. The molecule has 268 valence electrons. The van der Waals surface area contributed by atoms with Crippen molar-refractivity contribution in [1.82, 2.24) is 0 Å². The van der Waals surface area contributed by atoms with Crippen LogP contribution in [0, 0.1) is 0 Å². The zero-order valence-electron chi connectivity index (χ0n) is 31.2. The average Bonchev–Trinajstić information content (AvgIpc) is 3.56. The lowest BCUT2D eigenvalue weighted by atomic mass is 9.69. The van der Waals surface area contributed by atoms with Crippen LogP contribution in [0.1, 0.15) is 33.4 Å². The van der Waals surface area contributed by atoms with E-state index in [0.29, 0.717) is 0 Å². The van der Waals surface area contributed by atoms with Gasteiger partial charge >= 0.3 is 0 Å². The number of halogens is 1. The number of para-hydroxylation sites is 2. The summed E-state index contributed by atoms with van der Waals surface area (Å²) < 4.78 is 2.41. The van der Waals surface area contributed by atoms with Crippen LogP contribution in [-0.2, 0) is 36.5 Å². The molecular weight excluding hydrogens is 767 g/mol. The molecule has 0 aromatic heterocycles. The zero-order valence-corrected chi connectivity index (χ0v) is 33.3. The first-order chi connectivity index (χ1) is 26.1. The third-order valence-corrected chi connectivity index (χ3v) is 11.4. The maximum Gasteiger partial charge on any atom is 0.209 e. The summed E-state index contributed by atoms with van der Waals surface area (Å²) in [7, 11) is 4.46. The molecule has 54 heavy (non-hydrogen) atoms. The highest BCUT2D eigenvalue weighted by atomic mass is 127. The van der Waals surface area contributed by atoms with Crippen LogP contribution in [0.5, 0.6) is 0 Å². The number of allylic oxidation sites excluding steroid dienone is 6. The Labute approximate surface area is 338 Å². The lowest BCUT2D eigenvalue weighted by Gasteiger charge is -2.33. The van der Waals surface area contributed by atoms with Crippen molar-refractivity contribution in [3.63, 3.8) is 0 Å². The molecule has 0 saturated carbocycles. The molecule has 0 N–H and O–H groups in total. The molecule has 3 heteroatoms. The Bertz CT molecular complexity index is 2220. The fraction of sp³-hybridized carbons (Fsp3) is 0.157. The molecule has 2 heterocycles. The highest BCUT2D eigenvalue weighted by molar-refractivity contribution is 6.04. The summed E-state index contributed by atoms with van der Waals surface area (Å²) in [5.74, 6) is 0. The lowest BCUT2D eigenvalue weighted by molar-refractivity contribution is -0.401. The Morgan fingerprint density at radius 2 is 0.907 bits per heavy atom. The van der Waals surface area contributed by atoms with Crippen molar-refractivity contribution >= 4 is 17.1 Å². The zero-order chi connectivity index (χ0) is 36.1. The van der Waals surface area contributed by atoms with Gasteiger partial charge in [0, 0.05) is 41.6 Å². The van der Waals surface area contributed by atoms with E-state index in [1.54, 1.807) is 0 Å². The van der Waals surface area contributed by atoms with E-state index in [2.05, 4.69) is 224 Å². The van der Waals surface area contributed by atoms with Gasteiger partial charge in [0.25, 0.3) is 0 Å². The van der Waals surface area contributed by atoms with Crippen LogP contribution in [-0.4, -0.2) is 24.4 Å². The van der Waals surface area contributed by atoms with Crippen LogP contribution in [0.15, 0.2) is 206 Å². The fourth-order valence-electron chi connectivity index (χ4n) is 9.06. The molecule has 0 saturated heterocycles. The number of likely N-dealkylation sites (N-methyl/N-ethyl adjacent to an activating group) is 1. The lowest BCUT2D eigenvalue weighted by Crippen LogP contribution is -3.00. The van der Waals surface area contributed by atoms with Crippen molar-refractivity contribution in [3.05, 3.63) is 239 Å². The quantitative estimate of drug-likeness (QED) is 0.0731. The molecule has 0 spiro atoms. The number of benzene rings is 6. The Kier molecular flexibility index (Phi) is 11.3. The monoisotopic (exact) mass is 814 g/mol. The van der Waals surface area contributed by atoms with Gasteiger partial charge in [-0.25, -0.2) is 0 Å². The van der Waals surface area contributed by atoms with Crippen molar-refractivity contribution in [3.8, 4) is 0 Å². The smallest absolute Gasteiger partial charge is 0.209 e. The highest BCUT2D eigenvalue weighted by Gasteiger charge is 2.50. The van der Waals surface area contributed by atoms with E-state index < -0.39 is 0 Å². The molecule has 0 amide bonds. The molecule has 0 bridgehead atoms. The Morgan fingerprint density at radius 1 is 0.481 bits per heavy atom. The van der Waals surface area contributed by atoms with E-state index in [0.717, 1.165) is 25.7 Å². The summed E-state index contributed by atoms with van der Waals surface area (Å²) in [4.78, 5) is 2.41. The summed E-state index contributed by atoms with van der Waals surface area (Å²) in [6, 6.07) is 61.9. The van der Waals surface area contributed by atoms with E-state index >= 15 is 0 Å². The van der Waals surface area contributed by atoms with Crippen LogP contribution in [0.4, 0.5) is 11.4 Å². The predicted octanol–water partition coefficient (Wildman–Crippen LogP) is 8.01. The molecule has 6 aromatic carbocycles. The minimum atomic E-state index is -0.218. The van der Waals surface area contributed by atoms with Crippen LogP contribution >= 0.6 is 0 Å². The van der Waals surface area contributed by atoms with Gasteiger partial charge in [-0.2, -0.15) is 4.58 Å². The SMILES string of the molecule is CN1C(=CC=CC=CC2=[N+](C)c3ccccc3C2(Cc2ccccc2)Cc2ccccc2)C(Cc2ccccc2)(Cc2ccccc2)c2ccccc21.[I-]. The molecule has 2 aliphatic rings. The minimum Gasteiger partial charge on any atom is -1.00 e. The van der Waals surface area contributed by atoms with Crippen molar-refractivity contribution in [1.29, 1.82) is 0 Å². The van der Waals surface area contributed by atoms with Gasteiger partial charge in [0.05, 0.1) is 5.41 Å². The summed E-state index contributed by atoms with van der Waals surface area (Å²) in [5.41, 5.74) is 12.9. The van der Waals surface area contributed by atoms with Crippen LogP contribution in [0.2, 0.25) is 0 Å². The van der Waals surface area contributed by atoms with Gasteiger partial charge in [-0.15, -0.1) is 0 Å². The third kappa shape index (κ3) is 7.18. The first kappa shape index (κ1) is 37.1. The first-order valence-corrected chi connectivity index (χ1v) is 18.8. The van der Waals surface area contributed by atoms with Gasteiger partial charge in [0.1, 0.15) is 7.05 Å². The van der Waals surface area contributed by atoms with Crippen molar-refractivity contribution in [2.75, 3.05) is 19.0 Å². The van der Waals surface area contributed by atoms with Crippen molar-refractivity contribution in [2.45, 2.75) is 36.5 Å². The molecule has 8 rings (SSSR count). The third-order valence-electron chi connectivity index (χ3n) is 11.4. The van der Waals surface area contributed by atoms with Crippen LogP contribution < -0.4 is 28.9 Å². The predicted molar refractivity (Wildman–Crippen MR) is 222 cm³/mol. The summed E-state index contributed by atoms with van der Waals surface area (Å²) in [6.07, 6.45) is 15.1. The second kappa shape index (κ2) is 16.4. The standard InChI is InChI=1S/C51H47N2.HI/c1-52-46-32-20-18-30-44(46)50(36-40-22-8-3-9-23-40,37-41-24-10-4-11-25-41)48(52)34-16-7-17-35-49-51(38-42-26-12-5-13-27-42,39-43-28-14-6-15-29-43)45-31-19-21-33-47(45)53(49)2;/h3-35H,36-39H2,1-2H3;1H/q+1;/p-1. The summed E-state index contributed by atoms with van der Waals surface area (Å²) in [5, 5.41) is 0. The van der Waals surface area contributed by atoms with Gasteiger partial charge in [0.15, 0.2) is 5.71 Å². The Balaban J connectivity index is 0.00000450. The van der Waals surface area contributed by atoms with Crippen molar-refractivity contribution < 1.29 is 28.6 Å². The Morgan fingerprint density at radius 3 is 1.43 bits per heavy atom. The number of anilines is 1. The van der Waals surface area contributed by atoms with Crippen molar-refractivity contribution in [2.24, 2.45) is 0 Å². The molecule has 0 radical (unpaired) electrons. The molecule has 2 aliphatic heterocycles. The van der Waals surface area contributed by atoms with Gasteiger partial charge in [-0.05, 0) is 65.6 Å². The fourth-order valence-corrected chi connectivity index (χ4v) is 9.06. The van der Waals surface area contributed by atoms with E-state index in [4.69, 9.17) is 0 Å². The second-order valence-electron chi connectivity index (χ2n) is 14.6. The first-order valence-electron chi connectivity index (χ1n) is 18.8. The largest absolute Gasteiger partial charge is 1.00 e. The number of hydrogen-bond acceptors (Lipinski definition) is 1. The van der Waals surface area contributed by atoms with Gasteiger partial charge < -0.3 is 28.9 Å². The topological polar surface area (TPSA) is 6.25 Å². The molecule has 0 atom stereocenters. The highest BCUT2D eigenvalue weighted by Crippen LogP contribution is 2.51. The van der Waals surface area contributed by atoms with Gasteiger partial charge in [-0.3, -0.25) is 0 Å². The molecule has 0 aliphatic carbocycles. The summed E-state index contributed by atoms with van der Waals surface area (Å²) in [6.45, 7) is 0. The van der Waals surface area contributed by atoms with E-state index in [9.17, 15) is 0 Å². The molecular formula is C51H47IN2.